The smallest absolute Gasteiger partial charge is 0.323 e. The van der Waals surface area contributed by atoms with E-state index in [4.69, 9.17) is 11.6 Å². The lowest BCUT2D eigenvalue weighted by Gasteiger charge is -2.21. The standard InChI is InChI=1S/C17H22ClN5O/c1-21-9-4-10-22(12-11-21)17(24)20-16-7-8-19-23(16)13-14-5-2-3-6-15(14)18/h2-3,5-8H,4,9-13H2,1H3,(H,20,24). The van der Waals surface area contributed by atoms with E-state index in [9.17, 15) is 4.79 Å². The molecule has 3 rings (SSSR count). The Morgan fingerprint density at radius 3 is 2.88 bits per heavy atom. The van der Waals surface area contributed by atoms with Crippen LogP contribution in [0.15, 0.2) is 36.5 Å². The molecule has 0 unspecified atom stereocenters. The van der Waals surface area contributed by atoms with Crippen molar-refractivity contribution in [1.82, 2.24) is 19.6 Å². The Morgan fingerprint density at radius 2 is 2.04 bits per heavy atom. The highest BCUT2D eigenvalue weighted by Gasteiger charge is 2.18. The van der Waals surface area contributed by atoms with Gasteiger partial charge in [-0.3, -0.25) is 5.32 Å². The summed E-state index contributed by atoms with van der Waals surface area (Å²) in [5, 5.41) is 7.96. The lowest BCUT2D eigenvalue weighted by molar-refractivity contribution is 0.213. The number of anilines is 1. The first-order valence-corrected chi connectivity index (χ1v) is 8.51. The number of nitrogens with zero attached hydrogens (tertiary/aromatic N) is 4. The van der Waals surface area contributed by atoms with Crippen LogP contribution in [-0.2, 0) is 6.54 Å². The fraction of sp³-hybridized carbons (Fsp3) is 0.412. The summed E-state index contributed by atoms with van der Waals surface area (Å²) in [5.41, 5.74) is 0.967. The molecular weight excluding hydrogens is 326 g/mol. The fourth-order valence-electron chi connectivity index (χ4n) is 2.79. The second kappa shape index (κ2) is 7.68. The molecule has 1 aliphatic rings. The average Bonchev–Trinajstić information content (AvgIpc) is 2.87. The van der Waals surface area contributed by atoms with Crippen molar-refractivity contribution < 1.29 is 4.79 Å². The summed E-state index contributed by atoms with van der Waals surface area (Å²) in [4.78, 5) is 16.6. The number of carbonyl (C=O) groups excluding carboxylic acids is 1. The number of hydrogen-bond acceptors (Lipinski definition) is 3. The molecule has 1 aliphatic heterocycles. The maximum absolute atomic E-state index is 12.5. The molecule has 1 aromatic carbocycles. The molecule has 1 N–H and O–H groups in total. The zero-order valence-electron chi connectivity index (χ0n) is 13.8. The van der Waals surface area contributed by atoms with E-state index >= 15 is 0 Å². The van der Waals surface area contributed by atoms with Gasteiger partial charge in [0.15, 0.2) is 0 Å². The molecule has 2 heterocycles. The van der Waals surface area contributed by atoms with Crippen molar-refractivity contribution in [3.8, 4) is 0 Å². The lowest BCUT2D eigenvalue weighted by atomic mass is 10.2. The maximum atomic E-state index is 12.5. The van der Waals surface area contributed by atoms with Crippen molar-refractivity contribution in [2.75, 3.05) is 38.5 Å². The van der Waals surface area contributed by atoms with Crippen LogP contribution in [0.4, 0.5) is 10.6 Å². The van der Waals surface area contributed by atoms with Crippen molar-refractivity contribution in [2.24, 2.45) is 0 Å². The number of nitrogens with one attached hydrogen (secondary N) is 1. The van der Waals surface area contributed by atoms with E-state index in [1.54, 1.807) is 16.9 Å². The second-order valence-electron chi connectivity index (χ2n) is 6.04. The quantitative estimate of drug-likeness (QED) is 0.928. The van der Waals surface area contributed by atoms with Gasteiger partial charge < -0.3 is 9.80 Å². The molecule has 1 aromatic heterocycles. The highest BCUT2D eigenvalue weighted by Crippen LogP contribution is 2.18. The summed E-state index contributed by atoms with van der Waals surface area (Å²) < 4.78 is 1.75. The molecule has 7 heteroatoms. The summed E-state index contributed by atoms with van der Waals surface area (Å²) in [6.07, 6.45) is 2.67. The van der Waals surface area contributed by atoms with E-state index in [1.165, 1.54) is 0 Å². The average molecular weight is 348 g/mol. The van der Waals surface area contributed by atoms with Crippen LogP contribution in [0, 0.1) is 0 Å². The number of benzene rings is 1. The van der Waals surface area contributed by atoms with Crippen LogP contribution in [0.3, 0.4) is 0 Å². The monoisotopic (exact) mass is 347 g/mol. The van der Waals surface area contributed by atoms with Crippen molar-refractivity contribution in [1.29, 1.82) is 0 Å². The molecule has 0 saturated carbocycles. The van der Waals surface area contributed by atoms with Gasteiger partial charge in [0.2, 0.25) is 0 Å². The van der Waals surface area contributed by atoms with Gasteiger partial charge in [-0.15, -0.1) is 0 Å². The Bertz CT molecular complexity index is 702. The van der Waals surface area contributed by atoms with Gasteiger partial charge >= 0.3 is 6.03 Å². The Hall–Kier alpha value is -2.05. The predicted molar refractivity (Wildman–Crippen MR) is 95.5 cm³/mol. The number of hydrogen-bond donors (Lipinski definition) is 1. The van der Waals surface area contributed by atoms with Crippen LogP contribution in [-0.4, -0.2) is 58.8 Å². The highest BCUT2D eigenvalue weighted by molar-refractivity contribution is 6.31. The molecule has 0 spiro atoms. The maximum Gasteiger partial charge on any atom is 0.323 e. The zero-order chi connectivity index (χ0) is 16.9. The second-order valence-corrected chi connectivity index (χ2v) is 6.45. The third-order valence-corrected chi connectivity index (χ3v) is 4.60. The van der Waals surface area contributed by atoms with E-state index in [2.05, 4.69) is 22.4 Å². The van der Waals surface area contributed by atoms with Crippen molar-refractivity contribution in [2.45, 2.75) is 13.0 Å². The lowest BCUT2D eigenvalue weighted by Crippen LogP contribution is -2.38. The van der Waals surface area contributed by atoms with Gasteiger partial charge in [-0.2, -0.15) is 5.10 Å². The molecule has 1 saturated heterocycles. The number of urea groups is 1. The van der Waals surface area contributed by atoms with E-state index in [0.717, 1.165) is 38.2 Å². The number of carbonyl (C=O) groups is 1. The minimum Gasteiger partial charge on any atom is -0.323 e. The molecular formula is C17H22ClN5O. The first-order valence-electron chi connectivity index (χ1n) is 8.13. The number of aromatic nitrogens is 2. The van der Waals surface area contributed by atoms with E-state index < -0.39 is 0 Å². The van der Waals surface area contributed by atoms with Gasteiger partial charge in [0.25, 0.3) is 0 Å². The molecule has 0 bridgehead atoms. The molecule has 6 nitrogen and oxygen atoms in total. The van der Waals surface area contributed by atoms with Crippen LogP contribution >= 0.6 is 11.6 Å². The van der Waals surface area contributed by atoms with E-state index in [1.807, 2.05) is 29.2 Å². The van der Waals surface area contributed by atoms with E-state index in [0.29, 0.717) is 17.4 Å². The first kappa shape index (κ1) is 16.8. The third-order valence-electron chi connectivity index (χ3n) is 4.24. The largest absolute Gasteiger partial charge is 0.323 e. The topological polar surface area (TPSA) is 53.4 Å². The normalized spacial score (nSPS) is 16.0. The van der Waals surface area contributed by atoms with Gasteiger partial charge in [0, 0.05) is 30.7 Å². The number of amides is 2. The van der Waals surface area contributed by atoms with Gasteiger partial charge in [-0.25, -0.2) is 9.48 Å². The first-order chi connectivity index (χ1) is 11.6. The van der Waals surface area contributed by atoms with Gasteiger partial charge in [0.1, 0.15) is 5.82 Å². The summed E-state index contributed by atoms with van der Waals surface area (Å²) in [5.74, 6) is 0.678. The Balaban J connectivity index is 1.67. The molecule has 2 amide bonds. The van der Waals surface area contributed by atoms with Crippen molar-refractivity contribution in [3.05, 3.63) is 47.1 Å². The minimum atomic E-state index is -0.0776. The van der Waals surface area contributed by atoms with Gasteiger partial charge in [-0.1, -0.05) is 29.8 Å². The van der Waals surface area contributed by atoms with Gasteiger partial charge in [0.05, 0.1) is 12.7 Å². The summed E-state index contributed by atoms with van der Waals surface area (Å²) in [6.45, 7) is 3.95. The van der Waals surface area contributed by atoms with Gasteiger partial charge in [-0.05, 0) is 31.6 Å². The van der Waals surface area contributed by atoms with Crippen LogP contribution < -0.4 is 5.32 Å². The van der Waals surface area contributed by atoms with Crippen LogP contribution in [0.5, 0.6) is 0 Å². The van der Waals surface area contributed by atoms with Crippen molar-refractivity contribution >= 4 is 23.4 Å². The third kappa shape index (κ3) is 4.07. The molecule has 1 fully saturated rings. The molecule has 2 aromatic rings. The molecule has 0 atom stereocenters. The Labute approximate surface area is 147 Å². The highest BCUT2D eigenvalue weighted by atomic mass is 35.5. The van der Waals surface area contributed by atoms with Crippen LogP contribution in [0.1, 0.15) is 12.0 Å². The summed E-state index contributed by atoms with van der Waals surface area (Å²) >= 11 is 6.21. The predicted octanol–water partition coefficient (Wildman–Crippen LogP) is 2.75. The van der Waals surface area contributed by atoms with Crippen molar-refractivity contribution in [3.63, 3.8) is 0 Å². The molecule has 128 valence electrons. The SMILES string of the molecule is CN1CCCN(C(=O)Nc2ccnn2Cc2ccccc2Cl)CC1. The van der Waals surface area contributed by atoms with Crippen LogP contribution in [0.25, 0.3) is 0 Å². The van der Waals surface area contributed by atoms with Crippen LogP contribution in [0.2, 0.25) is 5.02 Å². The number of rotatable bonds is 3. The Morgan fingerprint density at radius 1 is 1.21 bits per heavy atom. The summed E-state index contributed by atoms with van der Waals surface area (Å²) in [6, 6.07) is 9.38. The minimum absolute atomic E-state index is 0.0776. The van der Waals surface area contributed by atoms with E-state index in [-0.39, 0.29) is 6.03 Å². The Kier molecular flexibility index (Phi) is 5.37. The molecule has 0 radical (unpaired) electrons. The number of likely N-dealkylation sites (N-methyl/N-ethyl adjacent to an activating group) is 1. The molecule has 24 heavy (non-hydrogen) atoms. The molecule has 0 aliphatic carbocycles. The number of halogens is 1. The summed E-state index contributed by atoms with van der Waals surface area (Å²) in [7, 11) is 2.08. The fourth-order valence-corrected chi connectivity index (χ4v) is 2.99. The zero-order valence-corrected chi connectivity index (χ0v) is 14.5.